The minimum atomic E-state index is -0.634. The molecule has 0 aliphatic rings. The van der Waals surface area contributed by atoms with Crippen molar-refractivity contribution in [1.29, 1.82) is 0 Å². The second kappa shape index (κ2) is 9.41. The van der Waals surface area contributed by atoms with Crippen LogP contribution in [0.1, 0.15) is 20.3 Å². The normalized spacial score (nSPS) is 10.1. The summed E-state index contributed by atoms with van der Waals surface area (Å²) in [5, 5.41) is 2.53. The molecule has 0 spiro atoms. The molecule has 0 atom stereocenters. The zero-order valence-corrected chi connectivity index (χ0v) is 14.7. The van der Waals surface area contributed by atoms with Gasteiger partial charge in [-0.05, 0) is 43.7 Å². The Morgan fingerprint density at radius 1 is 1.12 bits per heavy atom. The third-order valence-electron chi connectivity index (χ3n) is 3.35. The van der Waals surface area contributed by atoms with Crippen LogP contribution in [0.2, 0.25) is 0 Å². The molecule has 0 radical (unpaired) electrons. The van der Waals surface area contributed by atoms with E-state index in [9.17, 15) is 14.0 Å². The summed E-state index contributed by atoms with van der Waals surface area (Å²) in [5.41, 5.74) is 0.846. The van der Waals surface area contributed by atoms with Gasteiger partial charge in [0.25, 0.3) is 0 Å². The summed E-state index contributed by atoms with van der Waals surface area (Å²) in [6.45, 7) is 4.24. The number of rotatable bonds is 6. The highest BCUT2D eigenvalue weighted by atomic mass is 19.1. The van der Waals surface area contributed by atoms with E-state index in [1.807, 2.05) is 6.92 Å². The van der Waals surface area contributed by atoms with Crippen molar-refractivity contribution in [2.45, 2.75) is 20.3 Å². The number of anilines is 2. The number of hydrogen-bond acceptors (Lipinski definition) is 4. The van der Waals surface area contributed by atoms with Crippen molar-refractivity contribution in [3.63, 3.8) is 0 Å². The van der Waals surface area contributed by atoms with Gasteiger partial charge >= 0.3 is 12.2 Å². The van der Waals surface area contributed by atoms with E-state index >= 15 is 0 Å². The third-order valence-corrected chi connectivity index (χ3v) is 3.35. The van der Waals surface area contributed by atoms with Gasteiger partial charge in [0.1, 0.15) is 11.6 Å². The van der Waals surface area contributed by atoms with E-state index in [2.05, 4.69) is 5.32 Å². The minimum Gasteiger partial charge on any atom is -0.450 e. The summed E-state index contributed by atoms with van der Waals surface area (Å²) in [6, 6.07) is 12.1. The first-order valence-corrected chi connectivity index (χ1v) is 8.32. The van der Waals surface area contributed by atoms with Crippen molar-refractivity contribution in [1.82, 2.24) is 0 Å². The van der Waals surface area contributed by atoms with Crippen molar-refractivity contribution in [3.05, 3.63) is 54.3 Å². The summed E-state index contributed by atoms with van der Waals surface area (Å²) in [5.74, 6) is -0.182. The van der Waals surface area contributed by atoms with Gasteiger partial charge in [0.05, 0.1) is 6.61 Å². The van der Waals surface area contributed by atoms with Crippen LogP contribution in [0.3, 0.4) is 0 Å². The molecule has 2 aromatic carbocycles. The lowest BCUT2D eigenvalue weighted by Gasteiger charge is -2.21. The number of ether oxygens (including phenoxy) is 2. The van der Waals surface area contributed by atoms with E-state index in [-0.39, 0.29) is 12.4 Å². The van der Waals surface area contributed by atoms with Gasteiger partial charge in [-0.1, -0.05) is 19.1 Å². The summed E-state index contributed by atoms with van der Waals surface area (Å²) < 4.78 is 23.6. The Morgan fingerprint density at radius 2 is 1.88 bits per heavy atom. The Morgan fingerprint density at radius 3 is 2.58 bits per heavy atom. The number of benzene rings is 2. The van der Waals surface area contributed by atoms with Crippen LogP contribution in [0, 0.1) is 5.82 Å². The molecule has 0 saturated heterocycles. The highest BCUT2D eigenvalue weighted by Gasteiger charge is 2.18. The van der Waals surface area contributed by atoms with Crippen LogP contribution < -0.4 is 15.0 Å². The summed E-state index contributed by atoms with van der Waals surface area (Å²) in [6.07, 6.45) is -0.551. The van der Waals surface area contributed by atoms with Crippen molar-refractivity contribution in [2.75, 3.05) is 23.4 Å². The first-order valence-electron chi connectivity index (χ1n) is 8.32. The number of nitrogens with zero attached hydrogens (tertiary/aromatic N) is 1. The molecular formula is C19H21FN2O4. The molecule has 6 nitrogen and oxygen atoms in total. The monoisotopic (exact) mass is 360 g/mol. The molecule has 1 N–H and O–H groups in total. The largest absolute Gasteiger partial charge is 0.450 e. The lowest BCUT2D eigenvalue weighted by molar-refractivity contribution is 0.168. The van der Waals surface area contributed by atoms with Gasteiger partial charge in [-0.25, -0.2) is 14.0 Å². The fourth-order valence-electron chi connectivity index (χ4n) is 2.27. The van der Waals surface area contributed by atoms with Crippen LogP contribution in [0.15, 0.2) is 48.5 Å². The Kier molecular flexibility index (Phi) is 6.96. The first-order chi connectivity index (χ1) is 12.5. The summed E-state index contributed by atoms with van der Waals surface area (Å²) in [4.78, 5) is 25.3. The van der Waals surface area contributed by atoms with E-state index in [1.165, 1.54) is 29.2 Å². The van der Waals surface area contributed by atoms with Crippen molar-refractivity contribution in [2.24, 2.45) is 0 Å². The lowest BCUT2D eigenvalue weighted by Crippen LogP contribution is -2.34. The van der Waals surface area contributed by atoms with Gasteiger partial charge < -0.3 is 9.47 Å². The molecule has 138 valence electrons. The van der Waals surface area contributed by atoms with Gasteiger partial charge in [-0.15, -0.1) is 0 Å². The average Bonchev–Trinajstić information content (AvgIpc) is 2.60. The Labute approximate surface area is 151 Å². The average molecular weight is 360 g/mol. The molecule has 7 heteroatoms. The Balaban J connectivity index is 2.12. The maximum absolute atomic E-state index is 13.5. The molecule has 0 unspecified atom stereocenters. The summed E-state index contributed by atoms with van der Waals surface area (Å²) in [7, 11) is 0. The topological polar surface area (TPSA) is 67.9 Å². The van der Waals surface area contributed by atoms with E-state index in [4.69, 9.17) is 9.47 Å². The highest BCUT2D eigenvalue weighted by Crippen LogP contribution is 2.21. The molecule has 0 bridgehead atoms. The minimum absolute atomic E-state index is 0.250. The van der Waals surface area contributed by atoms with Crippen LogP contribution in [-0.2, 0) is 4.74 Å². The number of carbonyl (C=O) groups is 2. The molecule has 0 heterocycles. The number of amides is 2. The molecule has 2 rings (SSSR count). The van der Waals surface area contributed by atoms with E-state index in [0.717, 1.165) is 0 Å². The van der Waals surface area contributed by atoms with Gasteiger partial charge in [0.2, 0.25) is 0 Å². The number of halogens is 1. The van der Waals surface area contributed by atoms with Crippen molar-refractivity contribution < 1.29 is 23.5 Å². The van der Waals surface area contributed by atoms with Crippen LogP contribution in [0.25, 0.3) is 0 Å². The molecule has 0 fully saturated rings. The molecule has 0 aliphatic heterocycles. The maximum Gasteiger partial charge on any atom is 0.419 e. The quantitative estimate of drug-likeness (QED) is 0.803. The van der Waals surface area contributed by atoms with Crippen molar-refractivity contribution in [3.8, 4) is 5.75 Å². The zero-order chi connectivity index (χ0) is 18.9. The van der Waals surface area contributed by atoms with Crippen LogP contribution in [-0.4, -0.2) is 25.3 Å². The summed E-state index contributed by atoms with van der Waals surface area (Å²) >= 11 is 0. The van der Waals surface area contributed by atoms with Gasteiger partial charge in [-0.3, -0.25) is 10.2 Å². The third kappa shape index (κ3) is 5.47. The van der Waals surface area contributed by atoms with Crippen LogP contribution in [0.5, 0.6) is 5.75 Å². The van der Waals surface area contributed by atoms with Crippen molar-refractivity contribution >= 4 is 23.6 Å². The Bertz CT molecular complexity index is 767. The second-order valence-electron chi connectivity index (χ2n) is 5.37. The Hall–Kier alpha value is -3.09. The molecule has 0 aromatic heterocycles. The number of hydrogen-bond donors (Lipinski definition) is 1. The zero-order valence-electron chi connectivity index (χ0n) is 14.7. The van der Waals surface area contributed by atoms with Gasteiger partial charge in [0.15, 0.2) is 0 Å². The molecule has 26 heavy (non-hydrogen) atoms. The predicted molar refractivity (Wildman–Crippen MR) is 97.1 cm³/mol. The van der Waals surface area contributed by atoms with Crippen LogP contribution >= 0.6 is 0 Å². The fraction of sp³-hybridized carbons (Fsp3) is 0.263. The smallest absolute Gasteiger partial charge is 0.419 e. The fourth-order valence-corrected chi connectivity index (χ4v) is 2.27. The van der Waals surface area contributed by atoms with E-state index in [1.54, 1.807) is 31.2 Å². The highest BCUT2D eigenvalue weighted by molar-refractivity contribution is 5.89. The number of nitrogens with one attached hydrogen (secondary N) is 1. The lowest BCUT2D eigenvalue weighted by atomic mass is 10.2. The van der Waals surface area contributed by atoms with Gasteiger partial charge in [-0.2, -0.15) is 0 Å². The second-order valence-corrected chi connectivity index (χ2v) is 5.37. The van der Waals surface area contributed by atoms with Crippen LogP contribution in [0.4, 0.5) is 25.4 Å². The van der Waals surface area contributed by atoms with E-state index < -0.39 is 18.0 Å². The SMILES string of the molecule is CCCN(C(=O)Oc1cccc(NC(=O)OCC)c1)c1cccc(F)c1. The molecule has 2 aromatic rings. The molecule has 0 saturated carbocycles. The predicted octanol–water partition coefficient (Wildman–Crippen LogP) is 4.81. The molecular weight excluding hydrogens is 339 g/mol. The molecule has 0 aliphatic carbocycles. The van der Waals surface area contributed by atoms with Gasteiger partial charge in [0, 0.05) is 24.0 Å². The van der Waals surface area contributed by atoms with E-state index in [0.29, 0.717) is 24.3 Å². The first kappa shape index (κ1) is 19.2. The maximum atomic E-state index is 13.5. The number of carbonyl (C=O) groups excluding carboxylic acids is 2. The standard InChI is InChI=1S/C19H21FN2O4/c1-3-11-22(16-9-5-7-14(20)12-16)19(24)26-17-10-6-8-15(13-17)21-18(23)25-4-2/h5-10,12-13H,3-4,11H2,1-2H3,(H,21,23). The molecule has 2 amide bonds.